The maximum absolute atomic E-state index is 13.4. The monoisotopic (exact) mass is 1000 g/mol. The molecule has 2 N–H and O–H groups in total. The largest absolute Gasteiger partial charge is 0.497 e. The number of aliphatic hydroxyl groups is 2. The highest BCUT2D eigenvalue weighted by atomic mass is 35.5. The zero-order valence-electron chi connectivity index (χ0n) is 40.4. The van der Waals surface area contributed by atoms with Crippen LogP contribution in [-0.2, 0) is 9.59 Å². The average Bonchev–Trinajstić information content (AvgIpc) is 3.40. The van der Waals surface area contributed by atoms with Gasteiger partial charge in [0.2, 0.25) is 11.8 Å². The summed E-state index contributed by atoms with van der Waals surface area (Å²) in [6, 6.07) is 25.9. The molecule has 8 rings (SSSR count). The summed E-state index contributed by atoms with van der Waals surface area (Å²) in [6.45, 7) is 6.89. The Morgan fingerprint density at radius 2 is 0.957 bits per heavy atom. The van der Waals surface area contributed by atoms with Gasteiger partial charge in [0, 0.05) is 50.4 Å². The van der Waals surface area contributed by atoms with E-state index in [1.165, 1.54) is 29.3 Å². The molecule has 0 saturated carbocycles. The number of carbonyl (C=O) groups is 2. The van der Waals surface area contributed by atoms with E-state index in [-0.39, 0.29) is 37.1 Å². The predicted molar refractivity (Wildman–Crippen MR) is 274 cm³/mol. The van der Waals surface area contributed by atoms with Crippen LogP contribution in [0.5, 0.6) is 11.5 Å². The van der Waals surface area contributed by atoms with Crippen LogP contribution in [0.3, 0.4) is 0 Å². The molecule has 376 valence electrons. The lowest BCUT2D eigenvalue weighted by molar-refractivity contribution is -0.128. The van der Waals surface area contributed by atoms with Crippen LogP contribution in [-0.4, -0.2) is 134 Å². The third kappa shape index (κ3) is 14.2. The van der Waals surface area contributed by atoms with Crippen molar-refractivity contribution < 1.29 is 38.1 Å². The van der Waals surface area contributed by atoms with E-state index < -0.39 is 11.6 Å². The molecule has 0 aromatic heterocycles. The third-order valence-corrected chi connectivity index (χ3v) is 15.8. The Balaban J connectivity index is 0.000000206. The topological polar surface area (TPSA) is 106 Å². The minimum absolute atomic E-state index is 0.00961. The van der Waals surface area contributed by atoms with Crippen LogP contribution < -0.4 is 9.47 Å². The Hall–Kier alpha value is -4.82. The summed E-state index contributed by atoms with van der Waals surface area (Å²) in [6.07, 6.45) is 14.1. The molecule has 4 aliphatic rings. The highest BCUT2D eigenvalue weighted by Gasteiger charge is 2.35. The van der Waals surface area contributed by atoms with E-state index in [1.807, 2.05) is 35.2 Å². The molecule has 0 radical (unpaired) electrons. The zero-order valence-corrected chi connectivity index (χ0v) is 41.9. The molecular formula is C56H68Cl2F2N4O6. The van der Waals surface area contributed by atoms with Crippen molar-refractivity contribution in [2.24, 2.45) is 11.8 Å². The van der Waals surface area contributed by atoms with Crippen molar-refractivity contribution >= 4 is 47.2 Å². The van der Waals surface area contributed by atoms with Crippen molar-refractivity contribution in [2.45, 2.75) is 75.3 Å². The van der Waals surface area contributed by atoms with Gasteiger partial charge in [0.1, 0.15) is 11.5 Å². The molecule has 2 unspecified atom stereocenters. The van der Waals surface area contributed by atoms with Crippen molar-refractivity contribution in [2.75, 3.05) is 79.8 Å². The zero-order chi connectivity index (χ0) is 49.6. The van der Waals surface area contributed by atoms with Crippen LogP contribution in [0.1, 0.15) is 85.5 Å². The van der Waals surface area contributed by atoms with Gasteiger partial charge in [-0.2, -0.15) is 0 Å². The van der Waals surface area contributed by atoms with E-state index in [4.69, 9.17) is 32.7 Å². The van der Waals surface area contributed by atoms with E-state index in [9.17, 15) is 28.6 Å². The molecule has 0 bridgehead atoms. The van der Waals surface area contributed by atoms with Crippen LogP contribution in [0, 0.1) is 23.5 Å². The summed E-state index contributed by atoms with van der Waals surface area (Å²) < 4.78 is 37.0. The minimum Gasteiger partial charge on any atom is -0.497 e. The van der Waals surface area contributed by atoms with Gasteiger partial charge in [0.25, 0.3) is 0 Å². The Morgan fingerprint density at radius 1 is 0.557 bits per heavy atom. The fourth-order valence-corrected chi connectivity index (χ4v) is 11.1. The number of likely N-dealkylation sites (tertiary alicyclic amines) is 4. The second kappa shape index (κ2) is 26.0. The van der Waals surface area contributed by atoms with E-state index in [0.717, 1.165) is 107 Å². The number of ether oxygens (including phenoxy) is 2. The van der Waals surface area contributed by atoms with Gasteiger partial charge in [0.05, 0.1) is 37.5 Å². The first-order valence-corrected chi connectivity index (χ1v) is 25.5. The lowest BCUT2D eigenvalue weighted by atomic mass is 9.85. The number of methoxy groups -OCH3 is 2. The number of amides is 2. The lowest BCUT2D eigenvalue weighted by Crippen LogP contribution is -2.50. The van der Waals surface area contributed by atoms with Gasteiger partial charge in [-0.3, -0.25) is 19.4 Å². The number of carbonyl (C=O) groups excluding carboxylic acids is 2. The minimum atomic E-state index is -0.927. The summed E-state index contributed by atoms with van der Waals surface area (Å²) >= 11 is 12.0. The molecule has 70 heavy (non-hydrogen) atoms. The normalized spacial score (nSPS) is 19.3. The van der Waals surface area contributed by atoms with Crippen molar-refractivity contribution in [1.82, 2.24) is 19.6 Å². The SMILES string of the molecule is COc1ccc(C2CCN(C(CO)C3CCN(C(=O)/C=C/c4ccc(Cl)c(Cl)c4)CC3)CC2)cc1.COc1ccc(C2CCN(C(CO)C3CCN(C(=O)/C=C/c4ccc(F)c(F)c4)CC3)CC2)cc1. The van der Waals surface area contributed by atoms with Gasteiger partial charge in [-0.15, -0.1) is 0 Å². The van der Waals surface area contributed by atoms with Gasteiger partial charge < -0.3 is 29.5 Å². The van der Waals surface area contributed by atoms with E-state index in [2.05, 4.69) is 34.1 Å². The molecular weight excluding hydrogens is 934 g/mol. The first-order valence-electron chi connectivity index (χ1n) is 24.8. The molecule has 4 saturated heterocycles. The number of halogens is 4. The molecule has 4 aromatic carbocycles. The Kier molecular flexibility index (Phi) is 19.7. The Labute approximate surface area is 422 Å². The van der Waals surface area contributed by atoms with Crippen LogP contribution in [0.15, 0.2) is 97.1 Å². The molecule has 0 aliphatic carbocycles. The van der Waals surface area contributed by atoms with Crippen LogP contribution >= 0.6 is 23.2 Å². The summed E-state index contributed by atoms with van der Waals surface area (Å²) in [5.41, 5.74) is 4.01. The number of hydrogen-bond donors (Lipinski definition) is 2. The third-order valence-electron chi connectivity index (χ3n) is 15.1. The summed E-state index contributed by atoms with van der Waals surface area (Å²) in [5.74, 6) is 1.64. The highest BCUT2D eigenvalue weighted by molar-refractivity contribution is 6.42. The molecule has 14 heteroatoms. The molecule has 4 aliphatic heterocycles. The first-order chi connectivity index (χ1) is 34.0. The molecule has 0 spiro atoms. The number of benzene rings is 4. The fourth-order valence-electron chi connectivity index (χ4n) is 10.8. The average molecular weight is 1000 g/mol. The van der Waals surface area contributed by atoms with Crippen LogP contribution in [0.4, 0.5) is 8.78 Å². The van der Waals surface area contributed by atoms with Crippen molar-refractivity contribution in [3.63, 3.8) is 0 Å². The molecule has 2 atom stereocenters. The molecule has 4 heterocycles. The predicted octanol–water partition coefficient (Wildman–Crippen LogP) is 9.96. The van der Waals surface area contributed by atoms with Crippen LogP contribution in [0.2, 0.25) is 10.0 Å². The number of aliphatic hydroxyl groups excluding tert-OH is 2. The Bertz CT molecular complexity index is 2190. The molecule has 10 nitrogen and oxygen atoms in total. The van der Waals surface area contributed by atoms with Crippen LogP contribution in [0.25, 0.3) is 12.2 Å². The second-order valence-corrected chi connectivity index (χ2v) is 19.8. The van der Waals surface area contributed by atoms with Gasteiger partial charge in [0.15, 0.2) is 11.6 Å². The first kappa shape index (κ1) is 53.0. The van der Waals surface area contributed by atoms with Gasteiger partial charge in [-0.25, -0.2) is 8.78 Å². The smallest absolute Gasteiger partial charge is 0.246 e. The highest BCUT2D eigenvalue weighted by Crippen LogP contribution is 2.35. The van der Waals surface area contributed by atoms with Crippen molar-refractivity contribution in [3.05, 3.63) is 141 Å². The van der Waals surface area contributed by atoms with Gasteiger partial charge >= 0.3 is 0 Å². The maximum atomic E-state index is 13.4. The van der Waals surface area contributed by atoms with Gasteiger partial charge in [-0.1, -0.05) is 59.6 Å². The number of nitrogens with zero attached hydrogens (tertiary/aromatic N) is 4. The fraction of sp³-hybridized carbons (Fsp3) is 0.464. The van der Waals surface area contributed by atoms with Gasteiger partial charge in [-0.05, 0) is 184 Å². The van der Waals surface area contributed by atoms with Crippen molar-refractivity contribution in [1.29, 1.82) is 0 Å². The van der Waals surface area contributed by atoms with E-state index in [1.54, 1.807) is 43.4 Å². The second-order valence-electron chi connectivity index (χ2n) is 19.0. The summed E-state index contributed by atoms with van der Waals surface area (Å²) in [7, 11) is 3.37. The maximum Gasteiger partial charge on any atom is 0.246 e. The molecule has 2 amide bonds. The quantitative estimate of drug-likeness (QED) is 0.120. The summed E-state index contributed by atoms with van der Waals surface area (Å²) in [5, 5.41) is 21.4. The molecule has 4 aromatic rings. The van der Waals surface area contributed by atoms with Crippen molar-refractivity contribution in [3.8, 4) is 11.5 Å². The number of rotatable bonds is 14. The Morgan fingerprint density at radius 3 is 1.33 bits per heavy atom. The van der Waals surface area contributed by atoms with E-state index in [0.29, 0.717) is 65.5 Å². The standard InChI is InChI=1S/C28H34Cl2N2O3.C28H34F2N2O3/c2*1-35-24-6-4-21(5-7-24)22-10-14-31(15-11-22)27(19-33)23-12-16-32(17-13-23)28(34)9-3-20-2-8-25(29)26(30)18-20/h2*2-9,18,22-23,27,33H,10-17,19H2,1H3/b2*9-3+. The number of hydrogen-bond acceptors (Lipinski definition) is 8. The number of piperidine rings is 4. The lowest BCUT2D eigenvalue weighted by Gasteiger charge is -2.43. The summed E-state index contributed by atoms with van der Waals surface area (Å²) in [4.78, 5) is 33.9. The van der Waals surface area contributed by atoms with E-state index >= 15 is 0 Å². The molecule has 4 fully saturated rings.